The molecule has 0 amide bonds. The van der Waals surface area contributed by atoms with Gasteiger partial charge in [0.15, 0.2) is 5.69 Å². The summed E-state index contributed by atoms with van der Waals surface area (Å²) in [5.74, 6) is -0.757. The van der Waals surface area contributed by atoms with Crippen molar-refractivity contribution in [3.63, 3.8) is 0 Å². The Morgan fingerprint density at radius 1 is 1.45 bits per heavy atom. The van der Waals surface area contributed by atoms with Crippen molar-refractivity contribution >= 4 is 33.9 Å². The fourth-order valence-electron chi connectivity index (χ4n) is 1.72. The second kappa shape index (κ2) is 6.18. The lowest BCUT2D eigenvalue weighted by molar-refractivity contribution is -0.274. The second-order valence-corrected chi connectivity index (χ2v) is 4.50. The van der Waals surface area contributed by atoms with E-state index >= 15 is 0 Å². The van der Waals surface area contributed by atoms with Crippen molar-refractivity contribution in [2.45, 2.75) is 13.3 Å². The van der Waals surface area contributed by atoms with Crippen LogP contribution in [0.1, 0.15) is 6.92 Å². The Kier molecular flexibility index (Phi) is 4.50. The molecule has 0 aliphatic heterocycles. The molecule has 1 heterocycles. The first-order valence-corrected chi connectivity index (χ1v) is 6.51. The van der Waals surface area contributed by atoms with Crippen LogP contribution < -0.4 is 10.1 Å². The molecule has 0 unspecified atom stereocenters. The normalized spacial score (nSPS) is 12.0. The van der Waals surface area contributed by atoms with Crippen LogP contribution in [0.25, 0.3) is 10.9 Å². The lowest BCUT2D eigenvalue weighted by atomic mass is 10.2. The number of aromatic amines is 1. The maximum absolute atomic E-state index is 12.2. The predicted molar refractivity (Wildman–Crippen MR) is 77.4 cm³/mol. The van der Waals surface area contributed by atoms with E-state index in [9.17, 15) is 18.3 Å². The van der Waals surface area contributed by atoms with Crippen molar-refractivity contribution in [1.82, 2.24) is 10.3 Å². The van der Waals surface area contributed by atoms with E-state index in [1.165, 1.54) is 6.07 Å². The van der Waals surface area contributed by atoms with Crippen LogP contribution in [0.15, 0.2) is 28.4 Å². The Bertz CT molecular complexity index is 727. The number of fused-ring (bicyclic) bond motifs is 1. The van der Waals surface area contributed by atoms with Gasteiger partial charge in [-0.1, -0.05) is 0 Å². The number of hydrogen-bond acceptors (Lipinski definition) is 4. The third-order valence-electron chi connectivity index (χ3n) is 2.53. The van der Waals surface area contributed by atoms with Crippen molar-refractivity contribution in [3.05, 3.63) is 18.2 Å². The number of aromatic hydroxyl groups is 1. The number of nitrogens with one attached hydrogen (secondary N) is 2. The van der Waals surface area contributed by atoms with Crippen LogP contribution in [0, 0.1) is 0 Å². The molecular weight excluding hydrogens is 321 g/mol. The number of azo groups is 1. The van der Waals surface area contributed by atoms with E-state index in [2.05, 4.69) is 25.3 Å². The van der Waals surface area contributed by atoms with E-state index in [4.69, 9.17) is 12.2 Å². The minimum Gasteiger partial charge on any atom is -0.493 e. The van der Waals surface area contributed by atoms with E-state index in [0.29, 0.717) is 12.1 Å². The summed E-state index contributed by atoms with van der Waals surface area (Å²) in [5.41, 5.74) is 0.359. The van der Waals surface area contributed by atoms with Gasteiger partial charge in [0.1, 0.15) is 5.75 Å². The van der Waals surface area contributed by atoms with Crippen molar-refractivity contribution in [1.29, 1.82) is 0 Å². The summed E-state index contributed by atoms with van der Waals surface area (Å²) in [6.07, 6.45) is -4.81. The third kappa shape index (κ3) is 3.85. The van der Waals surface area contributed by atoms with Gasteiger partial charge >= 0.3 is 6.36 Å². The first-order chi connectivity index (χ1) is 10.3. The van der Waals surface area contributed by atoms with Gasteiger partial charge in [0.2, 0.25) is 11.0 Å². The number of benzene rings is 1. The molecule has 22 heavy (non-hydrogen) atoms. The van der Waals surface area contributed by atoms with Crippen molar-refractivity contribution in [2.75, 3.05) is 6.54 Å². The standard InChI is InChI=1S/C12H11F3N4O2S/c1-2-16-11(22)19-18-9-7-5-6(21-12(13,14)15)3-4-8(7)17-10(9)20/h3-5,17,20H,2H2,1H3,(H,16,22). The fourth-order valence-corrected chi connectivity index (χ4v) is 1.91. The summed E-state index contributed by atoms with van der Waals surface area (Å²) in [6.45, 7) is 2.35. The summed E-state index contributed by atoms with van der Waals surface area (Å²) in [6, 6.07) is 3.55. The van der Waals surface area contributed by atoms with E-state index in [-0.39, 0.29) is 22.1 Å². The van der Waals surface area contributed by atoms with Crippen LogP contribution >= 0.6 is 12.2 Å². The van der Waals surface area contributed by atoms with Gasteiger partial charge in [-0.15, -0.1) is 23.4 Å². The summed E-state index contributed by atoms with van der Waals surface area (Å²) >= 11 is 4.85. The summed E-state index contributed by atoms with van der Waals surface area (Å²) in [4.78, 5) is 2.57. The fraction of sp³-hybridized carbons (Fsp3) is 0.250. The van der Waals surface area contributed by atoms with E-state index in [0.717, 1.165) is 12.1 Å². The lowest BCUT2D eigenvalue weighted by Gasteiger charge is -2.08. The van der Waals surface area contributed by atoms with Crippen LogP contribution in [0.3, 0.4) is 0 Å². The molecule has 0 atom stereocenters. The first kappa shape index (κ1) is 16.0. The molecule has 1 aromatic heterocycles. The van der Waals surface area contributed by atoms with Crippen molar-refractivity contribution in [3.8, 4) is 11.6 Å². The Morgan fingerprint density at radius 3 is 2.82 bits per heavy atom. The van der Waals surface area contributed by atoms with Crippen LogP contribution in [0.4, 0.5) is 18.9 Å². The number of hydrogen-bond donors (Lipinski definition) is 3. The largest absolute Gasteiger partial charge is 0.573 e. The average molecular weight is 332 g/mol. The SMILES string of the molecule is CCNC(=S)N=Nc1c(O)[nH]c2ccc(OC(F)(F)F)cc12. The molecule has 0 bridgehead atoms. The number of nitrogens with zero attached hydrogens (tertiary/aromatic N) is 2. The summed E-state index contributed by atoms with van der Waals surface area (Å²) < 4.78 is 40.5. The number of halogens is 3. The van der Waals surface area contributed by atoms with E-state index in [1.54, 1.807) is 0 Å². The molecule has 0 saturated carbocycles. The molecule has 2 rings (SSSR count). The Hall–Kier alpha value is -2.36. The first-order valence-electron chi connectivity index (χ1n) is 6.10. The highest BCUT2D eigenvalue weighted by Crippen LogP contribution is 2.38. The molecule has 118 valence electrons. The Balaban J connectivity index is 2.38. The molecule has 10 heteroatoms. The molecular formula is C12H11F3N4O2S. The molecule has 1 aromatic carbocycles. The molecule has 2 aromatic rings. The molecule has 6 nitrogen and oxygen atoms in total. The van der Waals surface area contributed by atoms with E-state index in [1.807, 2.05) is 6.92 Å². The summed E-state index contributed by atoms with van der Waals surface area (Å²) in [5, 5.41) is 20.2. The molecule has 3 N–H and O–H groups in total. The van der Waals surface area contributed by atoms with Gasteiger partial charge in [0, 0.05) is 11.9 Å². The highest BCUT2D eigenvalue weighted by atomic mass is 32.1. The molecule has 0 fully saturated rings. The van der Waals surface area contributed by atoms with Gasteiger partial charge in [-0.2, -0.15) is 0 Å². The van der Waals surface area contributed by atoms with Crippen LogP contribution in [-0.4, -0.2) is 28.1 Å². The number of alkyl halides is 3. The predicted octanol–water partition coefficient (Wildman–Crippen LogP) is 3.75. The van der Waals surface area contributed by atoms with E-state index < -0.39 is 12.1 Å². The second-order valence-electron chi connectivity index (χ2n) is 4.11. The third-order valence-corrected chi connectivity index (χ3v) is 2.75. The highest BCUT2D eigenvalue weighted by Gasteiger charge is 2.31. The number of ether oxygens (including phenoxy) is 1. The van der Waals surface area contributed by atoms with Gasteiger partial charge < -0.3 is 20.1 Å². The quantitative estimate of drug-likeness (QED) is 0.590. The molecule has 0 radical (unpaired) electrons. The molecule has 0 spiro atoms. The number of H-pyrrole nitrogens is 1. The summed E-state index contributed by atoms with van der Waals surface area (Å²) in [7, 11) is 0. The lowest BCUT2D eigenvalue weighted by Crippen LogP contribution is -2.17. The Morgan fingerprint density at radius 2 is 2.18 bits per heavy atom. The average Bonchev–Trinajstić information content (AvgIpc) is 2.70. The van der Waals surface area contributed by atoms with Gasteiger partial charge in [0.05, 0.1) is 5.52 Å². The van der Waals surface area contributed by atoms with Gasteiger partial charge in [0.25, 0.3) is 0 Å². The monoisotopic (exact) mass is 332 g/mol. The zero-order valence-electron chi connectivity index (χ0n) is 11.2. The molecule has 0 saturated heterocycles. The van der Waals surface area contributed by atoms with Crippen molar-refractivity contribution < 1.29 is 23.0 Å². The highest BCUT2D eigenvalue weighted by molar-refractivity contribution is 7.80. The zero-order chi connectivity index (χ0) is 16.3. The minimum atomic E-state index is -4.81. The van der Waals surface area contributed by atoms with Gasteiger partial charge in [-0.05, 0) is 37.3 Å². The smallest absolute Gasteiger partial charge is 0.493 e. The van der Waals surface area contributed by atoms with Crippen LogP contribution in [-0.2, 0) is 0 Å². The maximum Gasteiger partial charge on any atom is 0.573 e. The number of thiocarbonyl (C=S) groups is 1. The molecule has 0 aliphatic rings. The van der Waals surface area contributed by atoms with Crippen LogP contribution in [0.5, 0.6) is 11.6 Å². The zero-order valence-corrected chi connectivity index (χ0v) is 12.0. The van der Waals surface area contributed by atoms with Gasteiger partial charge in [-0.25, -0.2) is 0 Å². The Labute approximate surface area is 128 Å². The topological polar surface area (TPSA) is 82.0 Å². The van der Waals surface area contributed by atoms with Crippen LogP contribution in [0.2, 0.25) is 0 Å². The number of rotatable bonds is 3. The number of aromatic nitrogens is 1. The van der Waals surface area contributed by atoms with Crippen molar-refractivity contribution in [2.24, 2.45) is 10.2 Å². The maximum atomic E-state index is 12.2. The minimum absolute atomic E-state index is 0.0251. The molecule has 0 aliphatic carbocycles. The van der Waals surface area contributed by atoms with Gasteiger partial charge in [-0.3, -0.25) is 0 Å².